The lowest BCUT2D eigenvalue weighted by atomic mass is 10.1. The van der Waals surface area contributed by atoms with Crippen LogP contribution in [-0.2, 0) is 10.1 Å². The number of hydrogen-bond donors (Lipinski definition) is 1. The maximum Gasteiger partial charge on any atom is 0.339 e. The molecule has 0 aliphatic carbocycles. The third-order valence-corrected chi connectivity index (χ3v) is 4.67. The average Bonchev–Trinajstić information content (AvgIpc) is 2.48. The summed E-state index contributed by atoms with van der Waals surface area (Å²) in [5, 5.41) is 1.34. The number of benzene rings is 3. The number of nitrogens with two attached hydrogens (primary N) is 1. The highest BCUT2D eigenvalue weighted by molar-refractivity contribution is 7.87. The van der Waals surface area contributed by atoms with Crippen molar-refractivity contribution in [3.8, 4) is 5.75 Å². The minimum Gasteiger partial charge on any atom is -0.399 e. The SMILES string of the molecule is Cc1ccc(OS(=O)(=O)c2cccc3ccc(N)cc23)cc1. The molecule has 5 heteroatoms. The fourth-order valence-electron chi connectivity index (χ4n) is 2.24. The van der Waals surface area contributed by atoms with Crippen LogP contribution in [0.2, 0.25) is 0 Å². The fourth-order valence-corrected chi connectivity index (χ4v) is 3.39. The Hall–Kier alpha value is -2.53. The van der Waals surface area contributed by atoms with E-state index in [1.165, 1.54) is 6.07 Å². The fraction of sp³-hybridized carbons (Fsp3) is 0.0588. The third kappa shape index (κ3) is 2.76. The average molecular weight is 313 g/mol. The maximum atomic E-state index is 12.5. The summed E-state index contributed by atoms with van der Waals surface area (Å²) in [7, 11) is -3.93. The second kappa shape index (κ2) is 5.35. The molecule has 0 fully saturated rings. The van der Waals surface area contributed by atoms with Crippen molar-refractivity contribution in [1.82, 2.24) is 0 Å². The van der Waals surface area contributed by atoms with Crippen molar-refractivity contribution in [3.63, 3.8) is 0 Å². The first-order valence-corrected chi connectivity index (χ1v) is 8.16. The summed E-state index contributed by atoms with van der Waals surface area (Å²) in [5.41, 5.74) is 7.30. The molecule has 112 valence electrons. The summed E-state index contributed by atoms with van der Waals surface area (Å²) in [4.78, 5) is 0.109. The van der Waals surface area contributed by atoms with Crippen molar-refractivity contribution in [2.75, 3.05) is 5.73 Å². The second-order valence-corrected chi connectivity index (χ2v) is 6.60. The molecule has 2 N–H and O–H groups in total. The standard InChI is InChI=1S/C17H15NO3S/c1-12-5-9-15(10-6-12)21-22(19,20)17-4-2-3-13-7-8-14(18)11-16(13)17/h2-11H,18H2,1H3. The lowest BCUT2D eigenvalue weighted by molar-refractivity contribution is 0.487. The molecule has 0 aliphatic heterocycles. The minimum absolute atomic E-state index is 0.109. The number of aryl methyl sites for hydroxylation is 1. The Bertz CT molecular complexity index is 932. The van der Waals surface area contributed by atoms with E-state index >= 15 is 0 Å². The first kappa shape index (κ1) is 14.4. The first-order chi connectivity index (χ1) is 10.5. The summed E-state index contributed by atoms with van der Waals surface area (Å²) >= 11 is 0. The van der Waals surface area contributed by atoms with Gasteiger partial charge in [-0.05, 0) is 42.6 Å². The lowest BCUT2D eigenvalue weighted by Crippen LogP contribution is -2.10. The van der Waals surface area contributed by atoms with E-state index in [1.807, 2.05) is 13.0 Å². The number of rotatable bonds is 3. The van der Waals surface area contributed by atoms with Gasteiger partial charge in [0.05, 0.1) is 0 Å². The van der Waals surface area contributed by atoms with Crippen molar-refractivity contribution in [1.29, 1.82) is 0 Å². The number of anilines is 1. The van der Waals surface area contributed by atoms with Crippen molar-refractivity contribution in [2.45, 2.75) is 11.8 Å². The molecule has 22 heavy (non-hydrogen) atoms. The van der Waals surface area contributed by atoms with E-state index in [4.69, 9.17) is 9.92 Å². The summed E-state index contributed by atoms with van der Waals surface area (Å²) in [6.45, 7) is 1.92. The van der Waals surface area contributed by atoms with E-state index in [0.29, 0.717) is 11.1 Å². The van der Waals surface area contributed by atoms with E-state index in [2.05, 4.69) is 0 Å². The lowest BCUT2D eigenvalue weighted by Gasteiger charge is -2.10. The molecule has 0 unspecified atom stereocenters. The van der Waals surface area contributed by atoms with Crippen LogP contribution in [0, 0.1) is 6.92 Å². The highest BCUT2D eigenvalue weighted by Gasteiger charge is 2.19. The topological polar surface area (TPSA) is 69.4 Å². The summed E-state index contributed by atoms with van der Waals surface area (Å²) in [6.07, 6.45) is 0. The van der Waals surface area contributed by atoms with Crippen molar-refractivity contribution in [2.24, 2.45) is 0 Å². The van der Waals surface area contributed by atoms with E-state index in [9.17, 15) is 8.42 Å². The molecular weight excluding hydrogens is 298 g/mol. The molecule has 0 heterocycles. The Morgan fingerprint density at radius 3 is 2.41 bits per heavy atom. The van der Waals surface area contributed by atoms with Crippen LogP contribution in [0.4, 0.5) is 5.69 Å². The zero-order valence-electron chi connectivity index (χ0n) is 12.0. The maximum absolute atomic E-state index is 12.5. The highest BCUT2D eigenvalue weighted by Crippen LogP contribution is 2.27. The van der Waals surface area contributed by atoms with Gasteiger partial charge in [0, 0.05) is 11.1 Å². The van der Waals surface area contributed by atoms with Crippen LogP contribution in [-0.4, -0.2) is 8.42 Å². The minimum atomic E-state index is -3.93. The Morgan fingerprint density at radius 1 is 0.955 bits per heavy atom. The van der Waals surface area contributed by atoms with Crippen molar-refractivity contribution >= 4 is 26.6 Å². The predicted octanol–water partition coefficient (Wildman–Crippen LogP) is 3.50. The first-order valence-electron chi connectivity index (χ1n) is 6.75. The quantitative estimate of drug-likeness (QED) is 0.593. The number of fused-ring (bicyclic) bond motifs is 1. The van der Waals surface area contributed by atoms with Crippen LogP contribution in [0.1, 0.15) is 5.56 Å². The van der Waals surface area contributed by atoms with Crippen LogP contribution < -0.4 is 9.92 Å². The van der Waals surface area contributed by atoms with E-state index < -0.39 is 10.1 Å². The van der Waals surface area contributed by atoms with Gasteiger partial charge in [0.2, 0.25) is 0 Å². The Kier molecular flexibility index (Phi) is 3.50. The number of hydrogen-bond acceptors (Lipinski definition) is 4. The zero-order valence-corrected chi connectivity index (χ0v) is 12.8. The Morgan fingerprint density at radius 2 is 1.68 bits per heavy atom. The third-order valence-electron chi connectivity index (χ3n) is 3.36. The second-order valence-electron chi connectivity index (χ2n) is 5.09. The van der Waals surface area contributed by atoms with Crippen LogP contribution >= 0.6 is 0 Å². The molecule has 3 aromatic rings. The van der Waals surface area contributed by atoms with Crippen molar-refractivity contribution < 1.29 is 12.6 Å². The van der Waals surface area contributed by atoms with Gasteiger partial charge in [0.25, 0.3) is 0 Å². The van der Waals surface area contributed by atoms with Gasteiger partial charge in [0.15, 0.2) is 0 Å². The molecule has 0 aromatic heterocycles. The molecule has 3 rings (SSSR count). The molecule has 0 radical (unpaired) electrons. The van der Waals surface area contributed by atoms with Crippen LogP contribution in [0.3, 0.4) is 0 Å². The molecule has 0 bridgehead atoms. The van der Waals surface area contributed by atoms with Gasteiger partial charge in [-0.15, -0.1) is 0 Å². The Balaban J connectivity index is 2.09. The van der Waals surface area contributed by atoms with Gasteiger partial charge in [-0.25, -0.2) is 0 Å². The molecular formula is C17H15NO3S. The van der Waals surface area contributed by atoms with Crippen molar-refractivity contribution in [3.05, 3.63) is 66.2 Å². The Labute approximate surface area is 129 Å². The molecule has 0 amide bonds. The van der Waals surface area contributed by atoms with Gasteiger partial charge < -0.3 is 9.92 Å². The predicted molar refractivity (Wildman–Crippen MR) is 87.4 cm³/mol. The monoisotopic (exact) mass is 313 g/mol. The molecule has 0 spiro atoms. The van der Waals surface area contributed by atoms with Gasteiger partial charge in [-0.1, -0.05) is 35.9 Å². The largest absolute Gasteiger partial charge is 0.399 e. The molecule has 0 atom stereocenters. The van der Waals surface area contributed by atoms with E-state index in [1.54, 1.807) is 48.5 Å². The molecule has 3 aromatic carbocycles. The van der Waals surface area contributed by atoms with E-state index in [-0.39, 0.29) is 10.6 Å². The molecule has 0 saturated carbocycles. The summed E-state index contributed by atoms with van der Waals surface area (Å²) in [6, 6.07) is 17.1. The van der Waals surface area contributed by atoms with Gasteiger partial charge in [-0.2, -0.15) is 8.42 Å². The summed E-state index contributed by atoms with van der Waals surface area (Å²) in [5.74, 6) is 0.284. The van der Waals surface area contributed by atoms with Crippen LogP contribution in [0.5, 0.6) is 5.75 Å². The summed E-state index contributed by atoms with van der Waals surface area (Å²) < 4.78 is 30.3. The number of nitrogen functional groups attached to an aromatic ring is 1. The smallest absolute Gasteiger partial charge is 0.339 e. The zero-order chi connectivity index (χ0) is 15.7. The molecule has 0 aliphatic rings. The van der Waals surface area contributed by atoms with Crippen LogP contribution in [0.25, 0.3) is 10.8 Å². The van der Waals surface area contributed by atoms with Gasteiger partial charge in [-0.3, -0.25) is 0 Å². The molecule has 0 saturated heterocycles. The normalized spacial score (nSPS) is 11.5. The van der Waals surface area contributed by atoms with Gasteiger partial charge >= 0.3 is 10.1 Å². The van der Waals surface area contributed by atoms with Crippen LogP contribution in [0.15, 0.2) is 65.6 Å². The highest BCUT2D eigenvalue weighted by atomic mass is 32.2. The molecule has 4 nitrogen and oxygen atoms in total. The van der Waals surface area contributed by atoms with Gasteiger partial charge in [0.1, 0.15) is 10.6 Å². The van der Waals surface area contributed by atoms with E-state index in [0.717, 1.165) is 10.9 Å².